The van der Waals surface area contributed by atoms with Gasteiger partial charge in [0.2, 0.25) is 5.91 Å². The SMILES string of the molecule is NNCCOCCCOCC(N)=O. The number of hydrogen-bond acceptors (Lipinski definition) is 5. The summed E-state index contributed by atoms with van der Waals surface area (Å²) in [6.45, 7) is 2.26. The van der Waals surface area contributed by atoms with Gasteiger partial charge >= 0.3 is 0 Å². The van der Waals surface area contributed by atoms with Gasteiger partial charge in [-0.05, 0) is 6.42 Å². The lowest BCUT2D eigenvalue weighted by Gasteiger charge is -2.03. The maximum absolute atomic E-state index is 10.2. The Hall–Kier alpha value is -0.690. The fourth-order valence-corrected chi connectivity index (χ4v) is 0.669. The smallest absolute Gasteiger partial charge is 0.243 e. The van der Waals surface area contributed by atoms with E-state index >= 15 is 0 Å². The maximum Gasteiger partial charge on any atom is 0.243 e. The summed E-state index contributed by atoms with van der Waals surface area (Å²) < 4.78 is 10.0. The Kier molecular flexibility index (Phi) is 8.90. The molecule has 0 aliphatic heterocycles. The van der Waals surface area contributed by atoms with Crippen LogP contribution in [0.4, 0.5) is 0 Å². The van der Waals surface area contributed by atoms with Crippen LogP contribution in [0, 0.1) is 0 Å². The van der Waals surface area contributed by atoms with E-state index in [1.54, 1.807) is 0 Å². The second-order valence-electron chi connectivity index (χ2n) is 2.44. The minimum atomic E-state index is -0.451. The standard InChI is InChI=1S/C7H17N3O3/c8-7(11)6-13-4-1-3-12-5-2-10-9/h10H,1-6,9H2,(H2,8,11). The molecule has 0 radical (unpaired) electrons. The van der Waals surface area contributed by atoms with Crippen molar-refractivity contribution in [2.75, 3.05) is 33.0 Å². The molecule has 0 saturated carbocycles. The van der Waals surface area contributed by atoms with E-state index < -0.39 is 5.91 Å². The molecule has 0 aliphatic carbocycles. The van der Waals surface area contributed by atoms with E-state index in [1.165, 1.54) is 0 Å². The molecule has 6 nitrogen and oxygen atoms in total. The van der Waals surface area contributed by atoms with E-state index in [-0.39, 0.29) is 6.61 Å². The number of hydrazine groups is 1. The summed E-state index contributed by atoms with van der Waals surface area (Å²) in [6.07, 6.45) is 0.748. The Labute approximate surface area is 77.5 Å². The monoisotopic (exact) mass is 191 g/mol. The number of carbonyl (C=O) groups is 1. The predicted octanol–water partition coefficient (Wildman–Crippen LogP) is -1.64. The van der Waals surface area contributed by atoms with Crippen LogP contribution in [-0.2, 0) is 14.3 Å². The number of ether oxygens (including phenoxy) is 2. The summed E-state index contributed by atoms with van der Waals surface area (Å²) in [6, 6.07) is 0. The maximum atomic E-state index is 10.2. The summed E-state index contributed by atoms with van der Waals surface area (Å²) >= 11 is 0. The first-order valence-electron chi connectivity index (χ1n) is 4.14. The largest absolute Gasteiger partial charge is 0.380 e. The van der Waals surface area contributed by atoms with Crippen molar-refractivity contribution in [3.05, 3.63) is 0 Å². The van der Waals surface area contributed by atoms with Gasteiger partial charge in [0.15, 0.2) is 0 Å². The molecule has 13 heavy (non-hydrogen) atoms. The number of amides is 1. The van der Waals surface area contributed by atoms with Gasteiger partial charge in [0.1, 0.15) is 6.61 Å². The zero-order chi connectivity index (χ0) is 9.94. The van der Waals surface area contributed by atoms with Crippen molar-refractivity contribution >= 4 is 5.91 Å². The molecule has 0 heterocycles. The van der Waals surface area contributed by atoms with Gasteiger partial charge in [0.25, 0.3) is 0 Å². The minimum Gasteiger partial charge on any atom is -0.380 e. The normalized spacial score (nSPS) is 10.2. The molecule has 0 aromatic carbocycles. The summed E-state index contributed by atoms with van der Waals surface area (Å²) in [5.74, 6) is 4.57. The van der Waals surface area contributed by atoms with E-state index in [0.717, 1.165) is 6.42 Å². The molecule has 0 aliphatic rings. The van der Waals surface area contributed by atoms with E-state index in [1.807, 2.05) is 0 Å². The predicted molar refractivity (Wildman–Crippen MR) is 47.6 cm³/mol. The van der Waals surface area contributed by atoms with Crippen LogP contribution in [0.15, 0.2) is 0 Å². The molecule has 0 unspecified atom stereocenters. The first-order chi connectivity index (χ1) is 6.27. The molecular weight excluding hydrogens is 174 g/mol. The molecule has 0 bridgehead atoms. The molecular formula is C7H17N3O3. The van der Waals surface area contributed by atoms with Crippen LogP contribution < -0.4 is 17.0 Å². The molecule has 0 fully saturated rings. The number of carbonyl (C=O) groups excluding carboxylic acids is 1. The van der Waals surface area contributed by atoms with Gasteiger partial charge in [-0.1, -0.05) is 0 Å². The van der Waals surface area contributed by atoms with Crippen molar-refractivity contribution in [2.45, 2.75) is 6.42 Å². The van der Waals surface area contributed by atoms with Crippen molar-refractivity contribution in [3.8, 4) is 0 Å². The Bertz CT molecular complexity index is 132. The molecule has 0 atom stereocenters. The zero-order valence-corrected chi connectivity index (χ0v) is 7.62. The molecule has 1 amide bonds. The van der Waals surface area contributed by atoms with Gasteiger partial charge < -0.3 is 15.2 Å². The highest BCUT2D eigenvalue weighted by Gasteiger charge is 1.93. The van der Waals surface area contributed by atoms with Crippen LogP contribution in [0.3, 0.4) is 0 Å². The number of rotatable bonds is 9. The summed E-state index contributed by atoms with van der Waals surface area (Å²) in [5, 5.41) is 0. The molecule has 0 aromatic rings. The molecule has 78 valence electrons. The van der Waals surface area contributed by atoms with E-state index in [9.17, 15) is 4.79 Å². The number of hydrogen-bond donors (Lipinski definition) is 3. The first kappa shape index (κ1) is 12.3. The Morgan fingerprint density at radius 3 is 2.54 bits per heavy atom. The Morgan fingerprint density at radius 1 is 1.23 bits per heavy atom. The third-order valence-corrected chi connectivity index (χ3v) is 1.21. The van der Waals surface area contributed by atoms with Crippen molar-refractivity contribution < 1.29 is 14.3 Å². The van der Waals surface area contributed by atoms with E-state index in [4.69, 9.17) is 21.1 Å². The molecule has 0 saturated heterocycles. The average Bonchev–Trinajstić information content (AvgIpc) is 2.09. The third kappa shape index (κ3) is 11.3. The van der Waals surface area contributed by atoms with Crippen LogP contribution in [-0.4, -0.2) is 38.9 Å². The quantitative estimate of drug-likeness (QED) is 0.230. The van der Waals surface area contributed by atoms with Gasteiger partial charge in [-0.3, -0.25) is 16.1 Å². The Morgan fingerprint density at radius 2 is 1.92 bits per heavy atom. The summed E-state index contributed by atoms with van der Waals surface area (Å²) in [7, 11) is 0. The van der Waals surface area contributed by atoms with Gasteiger partial charge in [0.05, 0.1) is 6.61 Å². The minimum absolute atomic E-state index is 0.0235. The lowest BCUT2D eigenvalue weighted by Crippen LogP contribution is -2.26. The third-order valence-electron chi connectivity index (χ3n) is 1.21. The molecule has 0 spiro atoms. The fourth-order valence-electron chi connectivity index (χ4n) is 0.669. The fraction of sp³-hybridized carbons (Fsp3) is 0.857. The van der Waals surface area contributed by atoms with E-state index in [0.29, 0.717) is 26.4 Å². The van der Waals surface area contributed by atoms with Crippen molar-refractivity contribution in [2.24, 2.45) is 11.6 Å². The summed E-state index contributed by atoms with van der Waals surface area (Å²) in [4.78, 5) is 10.2. The Balaban J connectivity index is 2.87. The highest BCUT2D eigenvalue weighted by atomic mass is 16.5. The van der Waals surface area contributed by atoms with Gasteiger partial charge in [-0.15, -0.1) is 0 Å². The van der Waals surface area contributed by atoms with Crippen LogP contribution in [0.5, 0.6) is 0 Å². The van der Waals surface area contributed by atoms with Crippen LogP contribution in [0.25, 0.3) is 0 Å². The lowest BCUT2D eigenvalue weighted by atomic mass is 10.5. The second kappa shape index (κ2) is 9.40. The van der Waals surface area contributed by atoms with Gasteiger partial charge in [-0.2, -0.15) is 0 Å². The molecule has 0 rings (SSSR count). The van der Waals surface area contributed by atoms with Gasteiger partial charge in [-0.25, -0.2) is 0 Å². The average molecular weight is 191 g/mol. The van der Waals surface area contributed by atoms with Crippen LogP contribution in [0.2, 0.25) is 0 Å². The number of nitrogens with one attached hydrogen (secondary N) is 1. The van der Waals surface area contributed by atoms with E-state index in [2.05, 4.69) is 5.43 Å². The van der Waals surface area contributed by atoms with Crippen molar-refractivity contribution in [1.82, 2.24) is 5.43 Å². The van der Waals surface area contributed by atoms with Crippen LogP contribution in [0.1, 0.15) is 6.42 Å². The first-order valence-corrected chi connectivity index (χ1v) is 4.14. The number of nitrogens with two attached hydrogens (primary N) is 2. The van der Waals surface area contributed by atoms with Crippen molar-refractivity contribution in [1.29, 1.82) is 0 Å². The topological polar surface area (TPSA) is 99.6 Å². The highest BCUT2D eigenvalue weighted by molar-refractivity contribution is 5.74. The van der Waals surface area contributed by atoms with Crippen LogP contribution >= 0.6 is 0 Å². The highest BCUT2D eigenvalue weighted by Crippen LogP contribution is 1.84. The molecule has 5 N–H and O–H groups in total. The molecule has 0 aromatic heterocycles. The second-order valence-corrected chi connectivity index (χ2v) is 2.44. The lowest BCUT2D eigenvalue weighted by molar-refractivity contribution is -0.122. The summed E-state index contributed by atoms with van der Waals surface area (Å²) in [5.41, 5.74) is 7.32. The van der Waals surface area contributed by atoms with Crippen molar-refractivity contribution in [3.63, 3.8) is 0 Å². The molecule has 6 heteroatoms. The zero-order valence-electron chi connectivity index (χ0n) is 7.62. The number of primary amides is 1. The van der Waals surface area contributed by atoms with Gasteiger partial charge in [0, 0.05) is 19.8 Å².